The molecule has 1 unspecified atom stereocenters. The van der Waals surface area contributed by atoms with Crippen LogP contribution in [0.2, 0.25) is 0 Å². The summed E-state index contributed by atoms with van der Waals surface area (Å²) in [5.74, 6) is 0.852. The molecule has 2 aliphatic heterocycles. The first-order valence-electron chi connectivity index (χ1n) is 9.67. The second-order valence-corrected chi connectivity index (χ2v) is 11.4. The molecule has 1 aromatic rings. The zero-order chi connectivity index (χ0) is 21.1. The lowest BCUT2D eigenvalue weighted by molar-refractivity contribution is 0.171. The zero-order valence-electron chi connectivity index (χ0n) is 16.4. The van der Waals surface area contributed by atoms with Crippen LogP contribution in [0.4, 0.5) is 4.79 Å². The highest BCUT2D eigenvalue weighted by molar-refractivity contribution is 7.91. The molecule has 2 amide bonds. The van der Waals surface area contributed by atoms with Crippen LogP contribution >= 0.6 is 0 Å². The van der Waals surface area contributed by atoms with Gasteiger partial charge in [-0.3, -0.25) is 0 Å². The predicted octanol–water partition coefficient (Wildman–Crippen LogP) is 0.536. The quantitative estimate of drug-likeness (QED) is 0.684. The summed E-state index contributed by atoms with van der Waals surface area (Å²) < 4.78 is 55.3. The van der Waals surface area contributed by atoms with E-state index in [2.05, 4.69) is 5.32 Å². The molecule has 162 valence electrons. The molecule has 1 N–H and O–H groups in total. The van der Waals surface area contributed by atoms with Crippen LogP contribution in [-0.2, 0) is 19.9 Å². The average molecular weight is 446 g/mol. The molecule has 0 radical (unpaired) electrons. The highest BCUT2D eigenvalue weighted by Crippen LogP contribution is 2.21. The summed E-state index contributed by atoms with van der Waals surface area (Å²) in [4.78, 5) is 14.1. The summed E-state index contributed by atoms with van der Waals surface area (Å²) in [6.07, 6.45) is 0.566. The summed E-state index contributed by atoms with van der Waals surface area (Å²) in [5.41, 5.74) is 0. The van der Waals surface area contributed by atoms with Crippen LogP contribution in [0.5, 0.6) is 5.75 Å². The van der Waals surface area contributed by atoms with Crippen molar-refractivity contribution in [1.29, 1.82) is 0 Å². The Labute approximate surface area is 172 Å². The van der Waals surface area contributed by atoms with Crippen LogP contribution in [0.25, 0.3) is 0 Å². The van der Waals surface area contributed by atoms with Gasteiger partial charge in [-0.2, -0.15) is 4.31 Å². The van der Waals surface area contributed by atoms with Gasteiger partial charge in [-0.25, -0.2) is 21.6 Å². The van der Waals surface area contributed by atoms with Crippen LogP contribution in [0, 0.1) is 5.92 Å². The third-order valence-corrected chi connectivity index (χ3v) is 8.92. The Morgan fingerprint density at radius 1 is 1.17 bits per heavy atom. The molecule has 0 saturated carbocycles. The Morgan fingerprint density at radius 2 is 1.83 bits per heavy atom. The van der Waals surface area contributed by atoms with Gasteiger partial charge in [0.05, 0.1) is 23.0 Å². The molecule has 2 heterocycles. The van der Waals surface area contributed by atoms with E-state index in [1.54, 1.807) is 17.0 Å². The van der Waals surface area contributed by atoms with E-state index in [0.29, 0.717) is 25.3 Å². The number of nitrogens with zero attached hydrogens (tertiary/aromatic N) is 2. The maximum Gasteiger partial charge on any atom is 0.317 e. The van der Waals surface area contributed by atoms with Crippen molar-refractivity contribution < 1.29 is 26.4 Å². The number of carbonyl (C=O) groups excluding carboxylic acids is 1. The Kier molecular flexibility index (Phi) is 6.69. The lowest BCUT2D eigenvalue weighted by Gasteiger charge is -2.34. The number of rotatable bonds is 6. The average Bonchev–Trinajstić information content (AvgIpc) is 3.05. The van der Waals surface area contributed by atoms with Gasteiger partial charge in [0.1, 0.15) is 5.75 Å². The number of amides is 2. The second-order valence-electron chi connectivity index (χ2n) is 7.25. The standard InChI is InChI=1S/C18H27N3O6S2/c1-2-27-16-3-5-17(6-4-16)29(25,26)21-10-8-20(9-11-21)18(22)19-13-15-7-12-28(23,24)14-15/h3-6,15H,2,7-14H2,1H3,(H,19,22). The molecular weight excluding hydrogens is 418 g/mol. The topological polar surface area (TPSA) is 113 Å². The fraction of sp³-hybridized carbons (Fsp3) is 0.611. The predicted molar refractivity (Wildman–Crippen MR) is 108 cm³/mol. The molecule has 3 rings (SSSR count). The molecule has 1 aromatic carbocycles. The number of nitrogens with one attached hydrogen (secondary N) is 1. The molecule has 2 fully saturated rings. The minimum absolute atomic E-state index is 0.0507. The van der Waals surface area contributed by atoms with E-state index in [1.807, 2.05) is 6.92 Å². The third-order valence-electron chi connectivity index (χ3n) is 5.17. The van der Waals surface area contributed by atoms with E-state index in [9.17, 15) is 21.6 Å². The largest absolute Gasteiger partial charge is 0.494 e. The second kappa shape index (κ2) is 8.88. The molecule has 2 aliphatic rings. The van der Waals surface area contributed by atoms with Crippen molar-refractivity contribution in [2.75, 3.05) is 50.8 Å². The van der Waals surface area contributed by atoms with Gasteiger partial charge in [-0.05, 0) is 43.5 Å². The van der Waals surface area contributed by atoms with E-state index in [4.69, 9.17) is 4.74 Å². The van der Waals surface area contributed by atoms with Crippen molar-refractivity contribution in [1.82, 2.24) is 14.5 Å². The van der Waals surface area contributed by atoms with E-state index < -0.39 is 19.9 Å². The van der Waals surface area contributed by atoms with Gasteiger partial charge in [0.15, 0.2) is 9.84 Å². The summed E-state index contributed by atoms with van der Waals surface area (Å²) in [5, 5.41) is 2.78. The zero-order valence-corrected chi connectivity index (χ0v) is 18.0. The van der Waals surface area contributed by atoms with E-state index in [0.717, 1.165) is 0 Å². The minimum Gasteiger partial charge on any atom is -0.494 e. The normalized spacial score (nSPS) is 22.4. The number of hydrogen-bond donors (Lipinski definition) is 1. The molecule has 0 aliphatic carbocycles. The van der Waals surface area contributed by atoms with Crippen LogP contribution in [-0.4, -0.2) is 82.9 Å². The monoisotopic (exact) mass is 445 g/mol. The number of benzene rings is 1. The third kappa shape index (κ3) is 5.40. The van der Waals surface area contributed by atoms with E-state index >= 15 is 0 Å². The SMILES string of the molecule is CCOc1ccc(S(=O)(=O)N2CCN(C(=O)NCC3CCS(=O)(=O)C3)CC2)cc1. The Morgan fingerprint density at radius 3 is 2.38 bits per heavy atom. The molecular formula is C18H27N3O6S2. The Balaban J connectivity index is 1.50. The Hall–Kier alpha value is -1.85. The van der Waals surface area contributed by atoms with Gasteiger partial charge < -0.3 is 15.0 Å². The van der Waals surface area contributed by atoms with Crippen molar-refractivity contribution in [3.63, 3.8) is 0 Å². The van der Waals surface area contributed by atoms with Crippen LogP contribution in [0.1, 0.15) is 13.3 Å². The maximum atomic E-state index is 12.8. The number of hydrogen-bond acceptors (Lipinski definition) is 6. The molecule has 0 aromatic heterocycles. The fourth-order valence-corrected chi connectivity index (χ4v) is 6.82. The van der Waals surface area contributed by atoms with Crippen LogP contribution < -0.4 is 10.1 Å². The van der Waals surface area contributed by atoms with Crippen LogP contribution in [0.3, 0.4) is 0 Å². The summed E-state index contributed by atoms with van der Waals surface area (Å²) in [6.45, 7) is 3.67. The first-order valence-corrected chi connectivity index (χ1v) is 12.9. The Bertz CT molecular complexity index is 923. The molecule has 0 spiro atoms. The van der Waals surface area contributed by atoms with Crippen molar-refractivity contribution in [2.45, 2.75) is 18.2 Å². The smallest absolute Gasteiger partial charge is 0.317 e. The summed E-state index contributed by atoms with van der Waals surface area (Å²) >= 11 is 0. The molecule has 0 bridgehead atoms. The van der Waals surface area contributed by atoms with Gasteiger partial charge in [0.25, 0.3) is 0 Å². The van der Waals surface area contributed by atoms with Crippen molar-refractivity contribution in [3.05, 3.63) is 24.3 Å². The van der Waals surface area contributed by atoms with E-state index in [-0.39, 0.29) is 54.5 Å². The van der Waals surface area contributed by atoms with Gasteiger partial charge in [-0.1, -0.05) is 0 Å². The lowest BCUT2D eigenvalue weighted by Crippen LogP contribution is -2.53. The molecule has 11 heteroatoms. The molecule has 2 saturated heterocycles. The van der Waals surface area contributed by atoms with Gasteiger partial charge in [0.2, 0.25) is 10.0 Å². The first-order chi connectivity index (χ1) is 13.7. The number of urea groups is 1. The van der Waals surface area contributed by atoms with Gasteiger partial charge in [-0.15, -0.1) is 0 Å². The first kappa shape index (κ1) is 21.8. The van der Waals surface area contributed by atoms with Crippen LogP contribution in [0.15, 0.2) is 29.2 Å². The number of carbonyl (C=O) groups is 1. The molecule has 1 atom stereocenters. The van der Waals surface area contributed by atoms with Gasteiger partial charge >= 0.3 is 6.03 Å². The molecule has 29 heavy (non-hydrogen) atoms. The van der Waals surface area contributed by atoms with Gasteiger partial charge in [0, 0.05) is 32.7 Å². The number of ether oxygens (including phenoxy) is 1. The highest BCUT2D eigenvalue weighted by Gasteiger charge is 2.31. The number of piperazine rings is 1. The minimum atomic E-state index is -3.63. The van der Waals surface area contributed by atoms with Crippen molar-refractivity contribution >= 4 is 25.9 Å². The van der Waals surface area contributed by atoms with Crippen molar-refractivity contribution in [2.24, 2.45) is 5.92 Å². The lowest BCUT2D eigenvalue weighted by atomic mass is 10.1. The molecule has 9 nitrogen and oxygen atoms in total. The van der Waals surface area contributed by atoms with Crippen molar-refractivity contribution in [3.8, 4) is 5.75 Å². The maximum absolute atomic E-state index is 12.8. The van der Waals surface area contributed by atoms with E-state index in [1.165, 1.54) is 16.4 Å². The number of sulfonamides is 1. The highest BCUT2D eigenvalue weighted by atomic mass is 32.2. The summed E-state index contributed by atoms with van der Waals surface area (Å²) in [6, 6.07) is 6.02. The number of sulfone groups is 1. The fourth-order valence-electron chi connectivity index (χ4n) is 3.53. The summed E-state index contributed by atoms with van der Waals surface area (Å²) in [7, 11) is -6.60.